The number of carboxylic acid groups (broad SMARTS) is 1. The molecule has 1 amide bonds. The molecule has 0 aromatic carbocycles. The van der Waals surface area contributed by atoms with Crippen LogP contribution >= 0.6 is 22.9 Å². The number of piperazine rings is 1. The van der Waals surface area contributed by atoms with Crippen LogP contribution in [0, 0.1) is 0 Å². The van der Waals surface area contributed by atoms with Gasteiger partial charge in [0.25, 0.3) is 10.0 Å². The van der Waals surface area contributed by atoms with Crippen LogP contribution in [0.4, 0.5) is 0 Å². The molecule has 1 saturated heterocycles. The molecule has 0 saturated carbocycles. The zero-order valence-corrected chi connectivity index (χ0v) is 14.0. The fourth-order valence-electron chi connectivity index (χ4n) is 2.11. The maximum atomic E-state index is 12.4. The Morgan fingerprint density at radius 2 is 1.82 bits per heavy atom. The molecule has 1 aromatic rings. The van der Waals surface area contributed by atoms with E-state index in [1.807, 2.05) is 0 Å². The summed E-state index contributed by atoms with van der Waals surface area (Å²) in [6.07, 6.45) is -0.284. The van der Waals surface area contributed by atoms with Gasteiger partial charge in [0, 0.05) is 32.6 Å². The molecule has 0 spiro atoms. The lowest BCUT2D eigenvalue weighted by Crippen LogP contribution is -2.50. The van der Waals surface area contributed by atoms with Crippen molar-refractivity contribution in [3.63, 3.8) is 0 Å². The van der Waals surface area contributed by atoms with Crippen LogP contribution in [0.3, 0.4) is 0 Å². The summed E-state index contributed by atoms with van der Waals surface area (Å²) in [4.78, 5) is 23.8. The molecule has 22 heavy (non-hydrogen) atoms. The molecule has 1 aromatic heterocycles. The second kappa shape index (κ2) is 6.95. The van der Waals surface area contributed by atoms with Gasteiger partial charge in [0.2, 0.25) is 5.91 Å². The minimum absolute atomic E-state index is 0.0668. The van der Waals surface area contributed by atoms with Gasteiger partial charge in [-0.1, -0.05) is 11.6 Å². The molecule has 0 radical (unpaired) electrons. The van der Waals surface area contributed by atoms with Gasteiger partial charge in [-0.25, -0.2) is 8.42 Å². The summed E-state index contributed by atoms with van der Waals surface area (Å²) < 4.78 is 26.7. The highest BCUT2D eigenvalue weighted by Gasteiger charge is 2.31. The first-order chi connectivity index (χ1) is 10.3. The van der Waals surface area contributed by atoms with E-state index in [4.69, 9.17) is 16.7 Å². The summed E-state index contributed by atoms with van der Waals surface area (Å²) in [5, 5.41) is 8.57. The fraction of sp³-hybridized carbons (Fsp3) is 0.500. The highest BCUT2D eigenvalue weighted by Crippen LogP contribution is 2.28. The highest BCUT2D eigenvalue weighted by atomic mass is 35.5. The summed E-state index contributed by atoms with van der Waals surface area (Å²) >= 11 is 6.76. The Hall–Kier alpha value is -1.16. The first-order valence-electron chi connectivity index (χ1n) is 6.56. The van der Waals surface area contributed by atoms with Crippen molar-refractivity contribution in [1.82, 2.24) is 9.21 Å². The third-order valence-electron chi connectivity index (χ3n) is 3.29. The van der Waals surface area contributed by atoms with Crippen LogP contribution in [-0.4, -0.2) is 60.8 Å². The Morgan fingerprint density at radius 3 is 2.32 bits per heavy atom. The first-order valence-corrected chi connectivity index (χ1v) is 9.19. The fourth-order valence-corrected chi connectivity index (χ4v) is 5.17. The minimum atomic E-state index is -3.58. The quantitative estimate of drug-likeness (QED) is 0.841. The van der Waals surface area contributed by atoms with Gasteiger partial charge in [0.1, 0.15) is 4.21 Å². The van der Waals surface area contributed by atoms with Crippen molar-refractivity contribution in [2.45, 2.75) is 17.1 Å². The summed E-state index contributed by atoms with van der Waals surface area (Å²) in [6, 6.07) is 3.00. The lowest BCUT2D eigenvalue weighted by atomic mass is 10.2. The number of carbonyl (C=O) groups is 2. The molecule has 10 heteroatoms. The van der Waals surface area contributed by atoms with Gasteiger partial charge in [-0.15, -0.1) is 11.3 Å². The number of thiophene rings is 1. The second-order valence-corrected chi connectivity index (χ2v) is 8.62. The number of amides is 1. The lowest BCUT2D eigenvalue weighted by molar-refractivity contribution is -0.141. The van der Waals surface area contributed by atoms with Crippen LogP contribution in [0.5, 0.6) is 0 Å². The number of carboxylic acids is 1. The number of halogens is 1. The number of hydrogen-bond acceptors (Lipinski definition) is 5. The molecular weight excluding hydrogens is 352 g/mol. The number of nitrogens with zero attached hydrogens (tertiary/aromatic N) is 2. The molecule has 2 heterocycles. The number of carbonyl (C=O) groups excluding carboxylic acids is 1. The van der Waals surface area contributed by atoms with Crippen molar-refractivity contribution in [3.8, 4) is 0 Å². The maximum absolute atomic E-state index is 12.4. The smallest absolute Gasteiger partial charge is 0.303 e. The van der Waals surface area contributed by atoms with E-state index in [9.17, 15) is 18.0 Å². The van der Waals surface area contributed by atoms with Crippen LogP contribution < -0.4 is 0 Å². The van der Waals surface area contributed by atoms with Gasteiger partial charge < -0.3 is 10.0 Å². The van der Waals surface area contributed by atoms with Crippen LogP contribution in [0.2, 0.25) is 4.34 Å². The van der Waals surface area contributed by atoms with Gasteiger partial charge in [0.15, 0.2) is 0 Å². The normalized spacial score (nSPS) is 16.7. The Bertz CT molecular complexity index is 665. The molecule has 1 aliphatic rings. The third kappa shape index (κ3) is 3.97. The molecule has 1 N–H and O–H groups in total. The molecule has 0 atom stereocenters. The van der Waals surface area contributed by atoms with Gasteiger partial charge >= 0.3 is 5.97 Å². The third-order valence-corrected chi connectivity index (χ3v) is 6.88. The van der Waals surface area contributed by atoms with Crippen LogP contribution in [-0.2, 0) is 19.6 Å². The van der Waals surface area contributed by atoms with Gasteiger partial charge in [-0.2, -0.15) is 4.31 Å². The molecule has 1 fully saturated rings. The maximum Gasteiger partial charge on any atom is 0.303 e. The van der Waals surface area contributed by atoms with E-state index in [-0.39, 0.29) is 49.1 Å². The van der Waals surface area contributed by atoms with Crippen molar-refractivity contribution in [2.24, 2.45) is 0 Å². The molecule has 7 nitrogen and oxygen atoms in total. The van der Waals surface area contributed by atoms with Crippen LogP contribution in [0.15, 0.2) is 16.3 Å². The van der Waals surface area contributed by atoms with E-state index >= 15 is 0 Å². The van der Waals surface area contributed by atoms with Crippen molar-refractivity contribution in [1.29, 1.82) is 0 Å². The number of aliphatic carboxylic acids is 1. The molecule has 1 aliphatic heterocycles. The molecule has 2 rings (SSSR count). The van der Waals surface area contributed by atoms with E-state index in [1.54, 1.807) is 0 Å². The average Bonchev–Trinajstić information content (AvgIpc) is 2.92. The van der Waals surface area contributed by atoms with E-state index in [1.165, 1.54) is 21.3 Å². The Kier molecular flexibility index (Phi) is 5.43. The van der Waals surface area contributed by atoms with Crippen molar-refractivity contribution < 1.29 is 23.1 Å². The molecule has 0 bridgehead atoms. The van der Waals surface area contributed by atoms with E-state index in [0.29, 0.717) is 4.34 Å². The van der Waals surface area contributed by atoms with Gasteiger partial charge in [-0.05, 0) is 12.1 Å². The van der Waals surface area contributed by atoms with E-state index in [0.717, 1.165) is 11.3 Å². The van der Waals surface area contributed by atoms with Crippen LogP contribution in [0.25, 0.3) is 0 Å². The highest BCUT2D eigenvalue weighted by molar-refractivity contribution is 7.91. The van der Waals surface area contributed by atoms with Crippen molar-refractivity contribution in [3.05, 3.63) is 16.5 Å². The topological polar surface area (TPSA) is 95.0 Å². The van der Waals surface area contributed by atoms with Crippen molar-refractivity contribution >= 4 is 44.8 Å². The Morgan fingerprint density at radius 1 is 1.18 bits per heavy atom. The lowest BCUT2D eigenvalue weighted by Gasteiger charge is -2.33. The first kappa shape index (κ1) is 17.2. The number of hydrogen-bond donors (Lipinski definition) is 1. The zero-order chi connectivity index (χ0) is 16.3. The SMILES string of the molecule is O=C(O)CCC(=O)N1CCN(S(=O)(=O)c2ccc(Cl)s2)CC1. The molecule has 0 aliphatic carbocycles. The number of rotatable bonds is 5. The molecular formula is C12H15ClN2O5S2. The minimum Gasteiger partial charge on any atom is -0.481 e. The summed E-state index contributed by atoms with van der Waals surface area (Å²) in [5.41, 5.74) is 0. The largest absolute Gasteiger partial charge is 0.481 e. The summed E-state index contributed by atoms with van der Waals surface area (Å²) in [7, 11) is -3.58. The van der Waals surface area contributed by atoms with Gasteiger partial charge in [0.05, 0.1) is 10.8 Å². The van der Waals surface area contributed by atoms with E-state index < -0.39 is 16.0 Å². The van der Waals surface area contributed by atoms with E-state index in [2.05, 4.69) is 0 Å². The summed E-state index contributed by atoms with van der Waals surface area (Å²) in [6.45, 7) is 0.904. The summed E-state index contributed by atoms with van der Waals surface area (Å²) in [5.74, 6) is -1.29. The van der Waals surface area contributed by atoms with Gasteiger partial charge in [-0.3, -0.25) is 9.59 Å². The zero-order valence-electron chi connectivity index (χ0n) is 11.6. The van der Waals surface area contributed by atoms with Crippen molar-refractivity contribution in [2.75, 3.05) is 26.2 Å². The second-order valence-electron chi connectivity index (χ2n) is 4.74. The standard InChI is InChI=1S/C12H15ClN2O5S2/c13-9-1-4-12(21-9)22(19,20)15-7-5-14(6-8-15)10(16)2-3-11(17)18/h1,4H,2-3,5-8H2,(H,17,18). The predicted molar refractivity (Wildman–Crippen MR) is 81.5 cm³/mol. The average molecular weight is 367 g/mol. The Balaban J connectivity index is 1.94. The number of sulfonamides is 1. The molecule has 0 unspecified atom stereocenters. The monoisotopic (exact) mass is 366 g/mol. The molecule has 122 valence electrons. The Labute approximate surface area is 137 Å². The predicted octanol–water partition coefficient (Wildman–Crippen LogP) is 1.10. The van der Waals surface area contributed by atoms with Crippen LogP contribution in [0.1, 0.15) is 12.8 Å².